The number of phenolic OH excluding ortho intramolecular Hbond substituents is 1. The van der Waals surface area contributed by atoms with Gasteiger partial charge in [-0.15, -0.1) is 0 Å². The minimum absolute atomic E-state index is 0.0396. The molecular weight excluding hydrogens is 236 g/mol. The number of fused-ring (bicyclic) bond motifs is 1. The van der Waals surface area contributed by atoms with Gasteiger partial charge in [-0.2, -0.15) is 0 Å². The largest absolute Gasteiger partial charge is 0.508 e. The molecule has 1 atom stereocenters. The van der Waals surface area contributed by atoms with Crippen molar-refractivity contribution in [3.05, 3.63) is 17.7 Å². The lowest BCUT2D eigenvalue weighted by atomic mass is 9.90. The third-order valence-electron chi connectivity index (χ3n) is 3.51. The SMILES string of the molecule is O=C(O)CC(c1cc2c(cc1O)OCO2)C1CC1. The minimum Gasteiger partial charge on any atom is -0.508 e. The van der Waals surface area contributed by atoms with E-state index in [1.807, 2.05) is 0 Å². The summed E-state index contributed by atoms with van der Waals surface area (Å²) in [6.45, 7) is 0.144. The number of carboxylic acid groups (broad SMARTS) is 1. The number of aliphatic carboxylic acids is 1. The van der Waals surface area contributed by atoms with Gasteiger partial charge in [0.25, 0.3) is 0 Å². The number of hydrogen-bond acceptors (Lipinski definition) is 4. The fourth-order valence-corrected chi connectivity index (χ4v) is 2.46. The second kappa shape index (κ2) is 4.08. The highest BCUT2D eigenvalue weighted by molar-refractivity contribution is 5.69. The van der Waals surface area contributed by atoms with Gasteiger partial charge in [-0.1, -0.05) is 0 Å². The van der Waals surface area contributed by atoms with E-state index in [-0.39, 0.29) is 24.9 Å². The molecule has 1 aromatic rings. The van der Waals surface area contributed by atoms with Gasteiger partial charge in [0.2, 0.25) is 6.79 Å². The molecule has 0 radical (unpaired) electrons. The van der Waals surface area contributed by atoms with Gasteiger partial charge in [0.1, 0.15) is 5.75 Å². The summed E-state index contributed by atoms with van der Waals surface area (Å²) < 4.78 is 10.4. The lowest BCUT2D eigenvalue weighted by Crippen LogP contribution is -2.08. The zero-order valence-electron chi connectivity index (χ0n) is 9.76. The van der Waals surface area contributed by atoms with Crippen LogP contribution < -0.4 is 9.47 Å². The number of hydrogen-bond donors (Lipinski definition) is 2. The van der Waals surface area contributed by atoms with Gasteiger partial charge in [-0.3, -0.25) is 4.79 Å². The van der Waals surface area contributed by atoms with Crippen LogP contribution in [0.2, 0.25) is 0 Å². The van der Waals surface area contributed by atoms with E-state index in [1.54, 1.807) is 6.07 Å². The summed E-state index contributed by atoms with van der Waals surface area (Å²) in [5.41, 5.74) is 0.657. The molecule has 3 rings (SSSR count). The molecule has 0 bridgehead atoms. The van der Waals surface area contributed by atoms with Gasteiger partial charge < -0.3 is 19.7 Å². The highest BCUT2D eigenvalue weighted by atomic mass is 16.7. The summed E-state index contributed by atoms with van der Waals surface area (Å²) in [5, 5.41) is 19.0. The molecule has 96 valence electrons. The topological polar surface area (TPSA) is 76.0 Å². The van der Waals surface area contributed by atoms with Crippen LogP contribution in [-0.2, 0) is 4.79 Å². The molecule has 5 heteroatoms. The van der Waals surface area contributed by atoms with Crippen LogP contribution in [0.1, 0.15) is 30.7 Å². The van der Waals surface area contributed by atoms with Crippen molar-refractivity contribution in [3.8, 4) is 17.2 Å². The molecule has 1 aliphatic heterocycles. The summed E-state index contributed by atoms with van der Waals surface area (Å²) in [5.74, 6) is 0.561. The Bertz CT molecular complexity index is 492. The third-order valence-corrected chi connectivity index (χ3v) is 3.51. The summed E-state index contributed by atoms with van der Waals surface area (Å²) in [6.07, 6.45) is 2.08. The lowest BCUT2D eigenvalue weighted by Gasteiger charge is -2.16. The van der Waals surface area contributed by atoms with E-state index < -0.39 is 5.97 Å². The molecule has 2 N–H and O–H groups in total. The molecule has 1 fully saturated rings. The maximum Gasteiger partial charge on any atom is 0.303 e. The van der Waals surface area contributed by atoms with Gasteiger partial charge in [-0.05, 0) is 24.8 Å². The van der Waals surface area contributed by atoms with Gasteiger partial charge in [0.15, 0.2) is 11.5 Å². The molecule has 18 heavy (non-hydrogen) atoms. The molecule has 1 heterocycles. The fourth-order valence-electron chi connectivity index (χ4n) is 2.46. The van der Waals surface area contributed by atoms with Crippen LogP contribution in [0, 0.1) is 5.92 Å². The van der Waals surface area contributed by atoms with Crippen molar-refractivity contribution in [2.24, 2.45) is 5.92 Å². The van der Waals surface area contributed by atoms with E-state index in [4.69, 9.17) is 14.6 Å². The lowest BCUT2D eigenvalue weighted by molar-refractivity contribution is -0.137. The molecule has 1 saturated carbocycles. The number of carbonyl (C=O) groups is 1. The molecule has 0 aromatic heterocycles. The smallest absolute Gasteiger partial charge is 0.303 e. The van der Waals surface area contributed by atoms with E-state index >= 15 is 0 Å². The van der Waals surface area contributed by atoms with Gasteiger partial charge in [-0.25, -0.2) is 0 Å². The van der Waals surface area contributed by atoms with Crippen LogP contribution in [0.3, 0.4) is 0 Å². The molecule has 1 unspecified atom stereocenters. The first-order chi connectivity index (χ1) is 8.65. The fraction of sp³-hybridized carbons (Fsp3) is 0.462. The summed E-state index contributed by atoms with van der Waals surface area (Å²) >= 11 is 0. The molecule has 0 spiro atoms. The van der Waals surface area contributed by atoms with Crippen molar-refractivity contribution < 1.29 is 24.5 Å². The molecular formula is C13H14O5. The zero-order chi connectivity index (χ0) is 12.7. The maximum absolute atomic E-state index is 10.9. The second-order valence-electron chi connectivity index (χ2n) is 4.81. The predicted octanol–water partition coefficient (Wildman–Crippen LogP) is 2.09. The van der Waals surface area contributed by atoms with Gasteiger partial charge in [0, 0.05) is 17.5 Å². The van der Waals surface area contributed by atoms with Crippen LogP contribution in [0.15, 0.2) is 12.1 Å². The maximum atomic E-state index is 10.9. The Kier molecular flexibility index (Phi) is 2.54. The van der Waals surface area contributed by atoms with Crippen molar-refractivity contribution in [1.82, 2.24) is 0 Å². The van der Waals surface area contributed by atoms with Crippen molar-refractivity contribution in [3.63, 3.8) is 0 Å². The standard InChI is InChI=1S/C13H14O5/c14-10-5-12-11(17-6-18-12)3-9(10)8(4-13(15)16)7-1-2-7/h3,5,7-8,14H,1-2,4,6H2,(H,15,16). The number of carboxylic acids is 1. The van der Waals surface area contributed by atoms with Gasteiger partial charge in [0.05, 0.1) is 6.42 Å². The second-order valence-corrected chi connectivity index (χ2v) is 4.81. The van der Waals surface area contributed by atoms with Crippen LogP contribution in [0.25, 0.3) is 0 Å². The van der Waals surface area contributed by atoms with Crippen LogP contribution in [-0.4, -0.2) is 23.0 Å². The quantitative estimate of drug-likeness (QED) is 0.855. The number of ether oxygens (including phenoxy) is 2. The molecule has 1 aliphatic carbocycles. The Morgan fingerprint density at radius 1 is 1.33 bits per heavy atom. The minimum atomic E-state index is -0.844. The Hall–Kier alpha value is -1.91. The molecule has 5 nitrogen and oxygen atoms in total. The summed E-state index contributed by atoms with van der Waals surface area (Å²) in [6, 6.07) is 3.22. The highest BCUT2D eigenvalue weighted by Crippen LogP contribution is 2.49. The Morgan fingerprint density at radius 3 is 2.61 bits per heavy atom. The van der Waals surface area contributed by atoms with Crippen molar-refractivity contribution in [2.45, 2.75) is 25.2 Å². The predicted molar refractivity (Wildman–Crippen MR) is 61.9 cm³/mol. The van der Waals surface area contributed by atoms with E-state index in [9.17, 15) is 9.90 Å². The van der Waals surface area contributed by atoms with E-state index in [2.05, 4.69) is 0 Å². The zero-order valence-corrected chi connectivity index (χ0v) is 9.76. The molecule has 0 amide bonds. The van der Waals surface area contributed by atoms with Gasteiger partial charge >= 0.3 is 5.97 Å². The van der Waals surface area contributed by atoms with Crippen LogP contribution >= 0.6 is 0 Å². The average molecular weight is 250 g/mol. The summed E-state index contributed by atoms with van der Waals surface area (Å²) in [4.78, 5) is 10.9. The van der Waals surface area contributed by atoms with E-state index in [0.717, 1.165) is 12.8 Å². The average Bonchev–Trinajstić information content (AvgIpc) is 3.05. The number of aromatic hydroxyl groups is 1. The number of benzene rings is 1. The van der Waals surface area contributed by atoms with E-state index in [1.165, 1.54) is 6.07 Å². The van der Waals surface area contributed by atoms with Crippen molar-refractivity contribution in [2.75, 3.05) is 6.79 Å². The van der Waals surface area contributed by atoms with Crippen molar-refractivity contribution in [1.29, 1.82) is 0 Å². The Labute approximate surface area is 104 Å². The van der Waals surface area contributed by atoms with E-state index in [0.29, 0.717) is 23.0 Å². The molecule has 0 saturated heterocycles. The Balaban J connectivity index is 1.95. The van der Waals surface area contributed by atoms with Crippen LogP contribution in [0.4, 0.5) is 0 Å². The van der Waals surface area contributed by atoms with Crippen LogP contribution in [0.5, 0.6) is 17.2 Å². The molecule has 2 aliphatic rings. The normalized spacial score (nSPS) is 18.7. The highest BCUT2D eigenvalue weighted by Gasteiger charge is 2.36. The third kappa shape index (κ3) is 1.96. The first-order valence-electron chi connectivity index (χ1n) is 5.99. The van der Waals surface area contributed by atoms with Crippen molar-refractivity contribution >= 4 is 5.97 Å². The summed E-state index contributed by atoms with van der Waals surface area (Å²) in [7, 11) is 0. The monoisotopic (exact) mass is 250 g/mol. The first-order valence-corrected chi connectivity index (χ1v) is 5.99. The molecule has 1 aromatic carbocycles. The first kappa shape index (κ1) is 11.2. The Morgan fingerprint density at radius 2 is 2.00 bits per heavy atom. The number of rotatable bonds is 4. The number of phenols is 1.